The molecular formula is C18H18Cl2N2O3. The molecule has 0 aliphatic rings. The Morgan fingerprint density at radius 1 is 1.04 bits per heavy atom. The maximum absolute atomic E-state index is 12.2. The molecule has 0 fully saturated rings. The maximum atomic E-state index is 12.2. The van der Waals surface area contributed by atoms with E-state index in [1.807, 2.05) is 19.0 Å². The number of amides is 1. The molecule has 1 N–H and O–H groups in total. The fourth-order valence-electron chi connectivity index (χ4n) is 2.05. The summed E-state index contributed by atoms with van der Waals surface area (Å²) in [5.41, 5.74) is 1.76. The van der Waals surface area contributed by atoms with E-state index in [1.54, 1.807) is 42.5 Å². The van der Waals surface area contributed by atoms with Crippen molar-refractivity contribution < 1.29 is 14.3 Å². The molecule has 1 atom stereocenters. The molecule has 0 unspecified atom stereocenters. The first kappa shape index (κ1) is 19.1. The Balaban J connectivity index is 1.99. The average molecular weight is 381 g/mol. The van der Waals surface area contributed by atoms with Crippen LogP contribution in [0.25, 0.3) is 0 Å². The molecule has 132 valence electrons. The highest BCUT2D eigenvalue weighted by atomic mass is 35.5. The van der Waals surface area contributed by atoms with Gasteiger partial charge in [0.25, 0.3) is 5.91 Å². The van der Waals surface area contributed by atoms with Gasteiger partial charge in [0.1, 0.15) is 0 Å². The molecule has 0 aromatic heterocycles. The number of carbonyl (C=O) groups is 2. The van der Waals surface area contributed by atoms with E-state index in [0.717, 1.165) is 5.69 Å². The minimum Gasteiger partial charge on any atom is -0.449 e. The molecule has 25 heavy (non-hydrogen) atoms. The fraction of sp³-hybridized carbons (Fsp3) is 0.222. The van der Waals surface area contributed by atoms with Crippen molar-refractivity contribution in [3.8, 4) is 0 Å². The molecule has 0 heterocycles. The minimum atomic E-state index is -0.973. The maximum Gasteiger partial charge on any atom is 0.338 e. The van der Waals surface area contributed by atoms with E-state index in [0.29, 0.717) is 21.3 Å². The van der Waals surface area contributed by atoms with Crippen LogP contribution in [0.3, 0.4) is 0 Å². The van der Waals surface area contributed by atoms with Crippen molar-refractivity contribution in [3.05, 3.63) is 58.1 Å². The highest BCUT2D eigenvalue weighted by molar-refractivity contribution is 6.35. The molecule has 0 saturated carbocycles. The monoisotopic (exact) mass is 380 g/mol. The zero-order valence-corrected chi connectivity index (χ0v) is 15.6. The number of nitrogens with one attached hydrogen (secondary N) is 1. The summed E-state index contributed by atoms with van der Waals surface area (Å²) in [5.74, 6) is -1.05. The summed E-state index contributed by atoms with van der Waals surface area (Å²) in [6, 6.07) is 11.6. The van der Waals surface area contributed by atoms with Crippen molar-refractivity contribution in [1.29, 1.82) is 0 Å². The van der Waals surface area contributed by atoms with Gasteiger partial charge in [-0.15, -0.1) is 0 Å². The van der Waals surface area contributed by atoms with Crippen LogP contribution in [0.15, 0.2) is 42.5 Å². The van der Waals surface area contributed by atoms with Gasteiger partial charge in [-0.3, -0.25) is 4.79 Å². The van der Waals surface area contributed by atoms with E-state index in [1.165, 1.54) is 6.92 Å². The normalized spacial score (nSPS) is 11.6. The van der Waals surface area contributed by atoms with Gasteiger partial charge >= 0.3 is 5.97 Å². The van der Waals surface area contributed by atoms with Crippen molar-refractivity contribution in [3.63, 3.8) is 0 Å². The van der Waals surface area contributed by atoms with Crippen LogP contribution in [0.4, 0.5) is 11.4 Å². The molecule has 0 saturated heterocycles. The number of esters is 1. The van der Waals surface area contributed by atoms with Crippen LogP contribution in [0.2, 0.25) is 10.0 Å². The molecule has 2 aromatic rings. The molecule has 2 rings (SSSR count). The van der Waals surface area contributed by atoms with Gasteiger partial charge in [0.05, 0.1) is 5.56 Å². The lowest BCUT2D eigenvalue weighted by Crippen LogP contribution is -2.30. The van der Waals surface area contributed by atoms with Crippen molar-refractivity contribution in [2.45, 2.75) is 13.0 Å². The van der Waals surface area contributed by atoms with Gasteiger partial charge < -0.3 is 15.0 Å². The van der Waals surface area contributed by atoms with Crippen molar-refractivity contribution in [1.82, 2.24) is 0 Å². The predicted octanol–water partition coefficient (Wildman–Crippen LogP) is 4.24. The Kier molecular flexibility index (Phi) is 6.28. The Hall–Kier alpha value is -2.24. The second-order valence-corrected chi connectivity index (χ2v) is 6.51. The molecule has 2 aromatic carbocycles. The summed E-state index contributed by atoms with van der Waals surface area (Å²) >= 11 is 11.8. The summed E-state index contributed by atoms with van der Waals surface area (Å²) < 4.78 is 5.20. The third kappa shape index (κ3) is 5.37. The molecule has 7 heteroatoms. The molecule has 5 nitrogen and oxygen atoms in total. The van der Waals surface area contributed by atoms with Gasteiger partial charge in [0, 0.05) is 35.5 Å². The number of ether oxygens (including phenoxy) is 1. The SMILES string of the molecule is C[C@H](OC(=O)c1ccc(N(C)C)cc1)C(=O)Nc1cc(Cl)cc(Cl)c1. The van der Waals surface area contributed by atoms with Crippen molar-refractivity contribution in [2.24, 2.45) is 0 Å². The zero-order chi connectivity index (χ0) is 18.6. The van der Waals surface area contributed by atoms with Crippen LogP contribution < -0.4 is 10.2 Å². The molecule has 0 aliphatic carbocycles. The summed E-state index contributed by atoms with van der Waals surface area (Å²) in [4.78, 5) is 26.2. The van der Waals surface area contributed by atoms with E-state index in [9.17, 15) is 9.59 Å². The highest BCUT2D eigenvalue weighted by Gasteiger charge is 2.19. The minimum absolute atomic E-state index is 0.371. The first-order valence-corrected chi connectivity index (χ1v) is 8.27. The average Bonchev–Trinajstić information content (AvgIpc) is 2.53. The number of anilines is 2. The van der Waals surface area contributed by atoms with Crippen LogP contribution in [-0.2, 0) is 9.53 Å². The summed E-state index contributed by atoms with van der Waals surface area (Å²) in [6.07, 6.45) is -0.973. The van der Waals surface area contributed by atoms with Gasteiger partial charge in [-0.1, -0.05) is 23.2 Å². The number of benzene rings is 2. The zero-order valence-electron chi connectivity index (χ0n) is 14.0. The second kappa shape index (κ2) is 8.23. The molecule has 0 radical (unpaired) electrons. The van der Waals surface area contributed by atoms with Crippen LogP contribution in [0, 0.1) is 0 Å². The highest BCUT2D eigenvalue weighted by Crippen LogP contribution is 2.22. The summed E-state index contributed by atoms with van der Waals surface area (Å²) in [6.45, 7) is 1.49. The van der Waals surface area contributed by atoms with Gasteiger partial charge in [0.15, 0.2) is 6.10 Å². The number of rotatable bonds is 5. The molecule has 0 bridgehead atoms. The quantitative estimate of drug-likeness (QED) is 0.787. The van der Waals surface area contributed by atoms with Crippen LogP contribution in [0.5, 0.6) is 0 Å². The van der Waals surface area contributed by atoms with Gasteiger partial charge in [-0.25, -0.2) is 4.79 Å². The van der Waals surface area contributed by atoms with Crippen LogP contribution >= 0.6 is 23.2 Å². The third-order valence-corrected chi connectivity index (χ3v) is 3.84. The van der Waals surface area contributed by atoms with Crippen molar-refractivity contribution >= 4 is 46.5 Å². The largest absolute Gasteiger partial charge is 0.449 e. The molecule has 1 amide bonds. The number of hydrogen-bond donors (Lipinski definition) is 1. The summed E-state index contributed by atoms with van der Waals surface area (Å²) in [7, 11) is 3.81. The second-order valence-electron chi connectivity index (χ2n) is 5.64. The molecular weight excluding hydrogens is 363 g/mol. The lowest BCUT2D eigenvalue weighted by Gasteiger charge is -2.15. The topological polar surface area (TPSA) is 58.6 Å². The lowest BCUT2D eigenvalue weighted by molar-refractivity contribution is -0.123. The molecule has 0 spiro atoms. The number of nitrogens with zero attached hydrogens (tertiary/aromatic N) is 1. The van der Waals surface area contributed by atoms with E-state index in [4.69, 9.17) is 27.9 Å². The number of halogens is 2. The van der Waals surface area contributed by atoms with Crippen LogP contribution in [0.1, 0.15) is 17.3 Å². The van der Waals surface area contributed by atoms with E-state index in [-0.39, 0.29) is 0 Å². The first-order valence-electron chi connectivity index (χ1n) is 7.51. The summed E-state index contributed by atoms with van der Waals surface area (Å²) in [5, 5.41) is 3.41. The van der Waals surface area contributed by atoms with E-state index in [2.05, 4.69) is 5.32 Å². The van der Waals surface area contributed by atoms with E-state index >= 15 is 0 Å². The van der Waals surface area contributed by atoms with Gasteiger partial charge in [-0.2, -0.15) is 0 Å². The van der Waals surface area contributed by atoms with Gasteiger partial charge in [0.2, 0.25) is 0 Å². The predicted molar refractivity (Wildman–Crippen MR) is 101 cm³/mol. The number of carbonyl (C=O) groups excluding carboxylic acids is 2. The Bertz CT molecular complexity index is 756. The Labute approximate surface area is 156 Å². The Morgan fingerprint density at radius 3 is 2.12 bits per heavy atom. The fourth-order valence-corrected chi connectivity index (χ4v) is 2.57. The smallest absolute Gasteiger partial charge is 0.338 e. The Morgan fingerprint density at radius 2 is 1.60 bits per heavy atom. The van der Waals surface area contributed by atoms with Crippen molar-refractivity contribution in [2.75, 3.05) is 24.3 Å². The standard InChI is InChI=1S/C18H18Cl2N2O3/c1-11(17(23)21-15-9-13(19)8-14(20)10-15)25-18(24)12-4-6-16(7-5-12)22(2)3/h4-11H,1-3H3,(H,21,23)/t11-/m0/s1. The van der Waals surface area contributed by atoms with Crippen LogP contribution in [-0.4, -0.2) is 32.1 Å². The first-order chi connectivity index (χ1) is 11.8. The number of hydrogen-bond acceptors (Lipinski definition) is 4. The lowest BCUT2D eigenvalue weighted by atomic mass is 10.2. The molecule has 0 aliphatic heterocycles. The van der Waals surface area contributed by atoms with E-state index < -0.39 is 18.0 Å². The van der Waals surface area contributed by atoms with Gasteiger partial charge in [-0.05, 0) is 49.4 Å². The third-order valence-electron chi connectivity index (χ3n) is 3.40.